The van der Waals surface area contributed by atoms with Crippen molar-refractivity contribution >= 4 is 0 Å². The van der Waals surface area contributed by atoms with Crippen molar-refractivity contribution in [2.24, 2.45) is 5.73 Å². The van der Waals surface area contributed by atoms with Gasteiger partial charge in [-0.15, -0.1) is 0 Å². The second-order valence-electron chi connectivity index (χ2n) is 3.27. The first-order valence-electron chi connectivity index (χ1n) is 4.50. The zero-order valence-electron chi connectivity index (χ0n) is 7.88. The van der Waals surface area contributed by atoms with Crippen LogP contribution in [0.2, 0.25) is 0 Å². The normalized spacial score (nSPS) is 25.1. The van der Waals surface area contributed by atoms with Gasteiger partial charge in [0.15, 0.2) is 0 Å². The molecule has 0 saturated carbocycles. The lowest BCUT2D eigenvalue weighted by molar-refractivity contribution is 0.759. The third-order valence-electron chi connectivity index (χ3n) is 2.30. The summed E-state index contributed by atoms with van der Waals surface area (Å²) < 4.78 is 0. The van der Waals surface area contributed by atoms with Gasteiger partial charge >= 0.3 is 0 Å². The Morgan fingerprint density at radius 2 is 2.17 bits per heavy atom. The second kappa shape index (κ2) is 4.27. The Kier molecular flexibility index (Phi) is 3.30. The van der Waals surface area contributed by atoms with Gasteiger partial charge in [0, 0.05) is 6.04 Å². The molecule has 1 aliphatic rings. The molecule has 1 nitrogen and oxygen atoms in total. The van der Waals surface area contributed by atoms with Gasteiger partial charge < -0.3 is 5.73 Å². The van der Waals surface area contributed by atoms with Crippen molar-refractivity contribution in [2.45, 2.75) is 32.7 Å². The lowest BCUT2D eigenvalue weighted by Crippen LogP contribution is -2.17. The minimum absolute atomic E-state index is 0.270. The second-order valence-corrected chi connectivity index (χ2v) is 3.27. The van der Waals surface area contributed by atoms with Crippen LogP contribution < -0.4 is 5.73 Å². The predicted octanol–water partition coefficient (Wildman–Crippen LogP) is 2.56. The maximum Gasteiger partial charge on any atom is 0.0297 e. The summed E-state index contributed by atoms with van der Waals surface area (Å²) in [5.41, 5.74) is 8.69. The fraction of sp³-hybridized carbons (Fsp3) is 0.455. The molecular formula is C11H17N. The van der Waals surface area contributed by atoms with Crippen LogP contribution in [0.5, 0.6) is 0 Å². The van der Waals surface area contributed by atoms with Crippen LogP contribution in [0.25, 0.3) is 0 Å². The molecule has 1 heteroatoms. The van der Waals surface area contributed by atoms with Gasteiger partial charge in [-0.2, -0.15) is 0 Å². The van der Waals surface area contributed by atoms with Crippen molar-refractivity contribution in [1.29, 1.82) is 0 Å². The van der Waals surface area contributed by atoms with Crippen LogP contribution in [0.15, 0.2) is 35.5 Å². The van der Waals surface area contributed by atoms with E-state index in [9.17, 15) is 0 Å². The van der Waals surface area contributed by atoms with E-state index in [1.807, 2.05) is 19.1 Å². The number of rotatable bonds is 2. The van der Waals surface area contributed by atoms with Gasteiger partial charge in [-0.1, -0.05) is 29.9 Å². The SMILES string of the molecule is C/C=C\C=C/C1=C(C)CCC1N. The molecular weight excluding hydrogens is 146 g/mol. The topological polar surface area (TPSA) is 26.0 Å². The van der Waals surface area contributed by atoms with Gasteiger partial charge in [-0.05, 0) is 32.3 Å². The number of hydrogen-bond donors (Lipinski definition) is 1. The van der Waals surface area contributed by atoms with Gasteiger partial charge in [-0.3, -0.25) is 0 Å². The van der Waals surface area contributed by atoms with Crippen molar-refractivity contribution in [3.63, 3.8) is 0 Å². The van der Waals surface area contributed by atoms with Crippen molar-refractivity contribution in [3.8, 4) is 0 Å². The summed E-state index contributed by atoms with van der Waals surface area (Å²) in [4.78, 5) is 0. The first-order chi connectivity index (χ1) is 5.75. The van der Waals surface area contributed by atoms with E-state index in [0.29, 0.717) is 0 Å². The van der Waals surface area contributed by atoms with E-state index in [-0.39, 0.29) is 6.04 Å². The zero-order chi connectivity index (χ0) is 8.97. The van der Waals surface area contributed by atoms with Crippen molar-refractivity contribution in [3.05, 3.63) is 35.5 Å². The highest BCUT2D eigenvalue weighted by molar-refractivity contribution is 5.34. The minimum Gasteiger partial charge on any atom is -0.324 e. The van der Waals surface area contributed by atoms with Crippen LogP contribution in [0.4, 0.5) is 0 Å². The Balaban J connectivity index is 2.67. The summed E-state index contributed by atoms with van der Waals surface area (Å²) in [6.07, 6.45) is 10.5. The lowest BCUT2D eigenvalue weighted by atomic mass is 10.1. The molecule has 0 fully saturated rings. The molecule has 12 heavy (non-hydrogen) atoms. The van der Waals surface area contributed by atoms with E-state index < -0.39 is 0 Å². The highest BCUT2D eigenvalue weighted by atomic mass is 14.6. The van der Waals surface area contributed by atoms with Crippen LogP contribution in [0, 0.1) is 0 Å². The van der Waals surface area contributed by atoms with Gasteiger partial charge in [0.1, 0.15) is 0 Å². The summed E-state index contributed by atoms with van der Waals surface area (Å²) in [7, 11) is 0. The summed E-state index contributed by atoms with van der Waals surface area (Å²) in [5, 5.41) is 0. The summed E-state index contributed by atoms with van der Waals surface area (Å²) in [6, 6.07) is 0.270. The standard InChI is InChI=1S/C11H17N/c1-3-4-5-6-10-9(2)7-8-11(10)12/h3-6,11H,7-8,12H2,1-2H3/b4-3-,6-5-. The molecule has 0 heterocycles. The van der Waals surface area contributed by atoms with Gasteiger partial charge in [0.2, 0.25) is 0 Å². The number of nitrogens with two attached hydrogens (primary N) is 1. The van der Waals surface area contributed by atoms with Crippen LogP contribution in [-0.4, -0.2) is 6.04 Å². The molecule has 1 atom stereocenters. The first kappa shape index (κ1) is 9.27. The Hall–Kier alpha value is -0.820. The monoisotopic (exact) mass is 163 g/mol. The highest BCUT2D eigenvalue weighted by Crippen LogP contribution is 2.25. The lowest BCUT2D eigenvalue weighted by Gasteiger charge is -2.03. The molecule has 66 valence electrons. The highest BCUT2D eigenvalue weighted by Gasteiger charge is 2.16. The van der Waals surface area contributed by atoms with Gasteiger partial charge in [0.05, 0.1) is 0 Å². The van der Waals surface area contributed by atoms with E-state index in [0.717, 1.165) is 12.8 Å². The third-order valence-corrected chi connectivity index (χ3v) is 2.30. The van der Waals surface area contributed by atoms with E-state index >= 15 is 0 Å². The summed E-state index contributed by atoms with van der Waals surface area (Å²) in [6.45, 7) is 4.18. The molecule has 0 aromatic carbocycles. The molecule has 0 radical (unpaired) electrons. The summed E-state index contributed by atoms with van der Waals surface area (Å²) in [5.74, 6) is 0. The maximum atomic E-state index is 5.92. The minimum atomic E-state index is 0.270. The largest absolute Gasteiger partial charge is 0.324 e. The molecule has 2 N–H and O–H groups in total. The predicted molar refractivity (Wildman–Crippen MR) is 53.9 cm³/mol. The fourth-order valence-electron chi connectivity index (χ4n) is 1.52. The first-order valence-corrected chi connectivity index (χ1v) is 4.50. The molecule has 0 aromatic rings. The Labute approximate surface area is 74.7 Å². The zero-order valence-corrected chi connectivity index (χ0v) is 7.88. The third kappa shape index (κ3) is 2.08. The smallest absolute Gasteiger partial charge is 0.0297 e. The fourth-order valence-corrected chi connectivity index (χ4v) is 1.52. The number of allylic oxidation sites excluding steroid dienone is 4. The van der Waals surface area contributed by atoms with Crippen LogP contribution in [-0.2, 0) is 0 Å². The molecule has 0 spiro atoms. The van der Waals surface area contributed by atoms with Crippen LogP contribution in [0.1, 0.15) is 26.7 Å². The Morgan fingerprint density at radius 1 is 1.42 bits per heavy atom. The average molecular weight is 163 g/mol. The molecule has 0 aromatic heterocycles. The van der Waals surface area contributed by atoms with Gasteiger partial charge in [-0.25, -0.2) is 0 Å². The van der Waals surface area contributed by atoms with Crippen LogP contribution in [0.3, 0.4) is 0 Å². The van der Waals surface area contributed by atoms with E-state index in [2.05, 4.69) is 19.1 Å². The Morgan fingerprint density at radius 3 is 2.67 bits per heavy atom. The molecule has 0 aliphatic heterocycles. The van der Waals surface area contributed by atoms with Crippen LogP contribution >= 0.6 is 0 Å². The van der Waals surface area contributed by atoms with Crippen molar-refractivity contribution < 1.29 is 0 Å². The quantitative estimate of drug-likeness (QED) is 0.622. The molecule has 0 amide bonds. The van der Waals surface area contributed by atoms with Gasteiger partial charge in [0.25, 0.3) is 0 Å². The van der Waals surface area contributed by atoms with Crippen molar-refractivity contribution in [2.75, 3.05) is 0 Å². The van der Waals surface area contributed by atoms with Crippen molar-refractivity contribution in [1.82, 2.24) is 0 Å². The average Bonchev–Trinajstić information content (AvgIpc) is 2.35. The molecule has 1 aliphatic carbocycles. The Bertz CT molecular complexity index is 233. The summed E-state index contributed by atoms with van der Waals surface area (Å²) >= 11 is 0. The van der Waals surface area contributed by atoms with E-state index in [1.165, 1.54) is 11.1 Å². The number of hydrogen-bond acceptors (Lipinski definition) is 1. The van der Waals surface area contributed by atoms with E-state index in [1.54, 1.807) is 0 Å². The molecule has 1 unspecified atom stereocenters. The molecule has 0 saturated heterocycles. The molecule has 1 rings (SSSR count). The van der Waals surface area contributed by atoms with E-state index in [4.69, 9.17) is 5.73 Å². The maximum absolute atomic E-state index is 5.92. The molecule has 0 bridgehead atoms.